The molecular weight excluding hydrogens is 369 g/mol. The van der Waals surface area contributed by atoms with Gasteiger partial charge in [-0.1, -0.05) is 0 Å². The Balaban J connectivity index is 1.45. The van der Waals surface area contributed by atoms with Crippen LogP contribution in [-0.4, -0.2) is 44.0 Å². The van der Waals surface area contributed by atoms with Crippen molar-refractivity contribution < 1.29 is 13.6 Å². The second kappa shape index (κ2) is 8.09. The van der Waals surface area contributed by atoms with Gasteiger partial charge in [-0.05, 0) is 74.1 Å². The zero-order valence-corrected chi connectivity index (χ0v) is 16.6. The van der Waals surface area contributed by atoms with Crippen molar-refractivity contribution in [1.29, 1.82) is 0 Å². The number of carbonyl (C=O) groups is 1. The number of rotatable bonds is 4. The lowest BCUT2D eigenvalue weighted by Crippen LogP contribution is -2.44. The molecule has 1 amide bonds. The summed E-state index contributed by atoms with van der Waals surface area (Å²) in [6.07, 6.45) is 0. The zero-order chi connectivity index (χ0) is 20.4. The Morgan fingerprint density at radius 2 is 1.72 bits per heavy atom. The van der Waals surface area contributed by atoms with E-state index in [2.05, 4.69) is 35.2 Å². The molecule has 6 heteroatoms. The number of benzene rings is 2. The van der Waals surface area contributed by atoms with Gasteiger partial charge < -0.3 is 19.5 Å². The molecule has 5 nitrogen and oxygen atoms in total. The minimum absolute atomic E-state index is 0.213. The number of nitrogens with zero attached hydrogens (tertiary/aromatic N) is 2. The van der Waals surface area contributed by atoms with Crippen LogP contribution in [0.5, 0.6) is 0 Å². The third kappa shape index (κ3) is 4.32. The predicted molar refractivity (Wildman–Crippen MR) is 113 cm³/mol. The van der Waals surface area contributed by atoms with Crippen LogP contribution in [0.3, 0.4) is 0 Å². The normalized spacial score (nSPS) is 14.8. The molecule has 3 aromatic rings. The van der Waals surface area contributed by atoms with Crippen molar-refractivity contribution in [3.05, 3.63) is 71.7 Å². The van der Waals surface area contributed by atoms with Crippen LogP contribution in [0.2, 0.25) is 0 Å². The van der Waals surface area contributed by atoms with Crippen molar-refractivity contribution in [3.8, 4) is 11.3 Å². The van der Waals surface area contributed by atoms with Crippen LogP contribution >= 0.6 is 0 Å². The largest absolute Gasteiger partial charge is 0.451 e. The standard InChI is InChI=1S/C23H24FN3O2/c1-16-15-19(7-8-20(16)27-13-11-26(2)12-14-27)25-23(28)22-10-9-21(29-22)17-3-5-18(24)6-4-17/h3-10,15H,11-14H2,1-2H3,(H,25,28). The SMILES string of the molecule is Cc1cc(NC(=O)c2ccc(-c3ccc(F)cc3)o2)ccc1N1CCN(C)CC1. The average molecular weight is 393 g/mol. The van der Waals surface area contributed by atoms with Gasteiger partial charge >= 0.3 is 0 Å². The first-order chi connectivity index (χ1) is 14.0. The van der Waals surface area contributed by atoms with E-state index in [1.807, 2.05) is 12.1 Å². The number of likely N-dealkylation sites (N-methyl/N-ethyl adjacent to an activating group) is 1. The van der Waals surface area contributed by atoms with Crippen LogP contribution in [0, 0.1) is 12.7 Å². The van der Waals surface area contributed by atoms with Crippen molar-refractivity contribution in [2.45, 2.75) is 6.92 Å². The van der Waals surface area contributed by atoms with E-state index in [1.165, 1.54) is 17.8 Å². The summed E-state index contributed by atoms with van der Waals surface area (Å²) in [6, 6.07) is 15.3. The van der Waals surface area contributed by atoms with Crippen LogP contribution in [0.25, 0.3) is 11.3 Å². The molecule has 1 saturated heterocycles. The van der Waals surface area contributed by atoms with Gasteiger partial charge in [-0.2, -0.15) is 0 Å². The van der Waals surface area contributed by atoms with E-state index in [4.69, 9.17) is 4.42 Å². The van der Waals surface area contributed by atoms with Gasteiger partial charge in [0.1, 0.15) is 11.6 Å². The fourth-order valence-electron chi connectivity index (χ4n) is 3.56. The molecule has 4 rings (SSSR count). The van der Waals surface area contributed by atoms with E-state index in [1.54, 1.807) is 24.3 Å². The Kier molecular flexibility index (Phi) is 5.36. The molecule has 2 heterocycles. The summed E-state index contributed by atoms with van der Waals surface area (Å²) in [7, 11) is 2.14. The molecule has 0 spiro atoms. The van der Waals surface area contributed by atoms with Crippen molar-refractivity contribution in [2.75, 3.05) is 43.4 Å². The van der Waals surface area contributed by atoms with E-state index in [-0.39, 0.29) is 17.5 Å². The molecule has 2 aromatic carbocycles. The van der Waals surface area contributed by atoms with Crippen molar-refractivity contribution in [3.63, 3.8) is 0 Å². The molecule has 0 saturated carbocycles. The molecule has 1 fully saturated rings. The Morgan fingerprint density at radius 1 is 1.00 bits per heavy atom. The second-order valence-corrected chi connectivity index (χ2v) is 7.42. The zero-order valence-electron chi connectivity index (χ0n) is 16.6. The number of nitrogens with one attached hydrogen (secondary N) is 1. The fraction of sp³-hybridized carbons (Fsp3) is 0.261. The number of furan rings is 1. The lowest BCUT2D eigenvalue weighted by molar-refractivity contribution is 0.0997. The first-order valence-corrected chi connectivity index (χ1v) is 9.71. The summed E-state index contributed by atoms with van der Waals surface area (Å²) >= 11 is 0. The summed E-state index contributed by atoms with van der Waals surface area (Å²) < 4.78 is 18.7. The van der Waals surface area contributed by atoms with Crippen LogP contribution < -0.4 is 10.2 Å². The monoisotopic (exact) mass is 393 g/mol. The van der Waals surface area contributed by atoms with Crippen LogP contribution in [0.4, 0.5) is 15.8 Å². The highest BCUT2D eigenvalue weighted by molar-refractivity contribution is 6.02. The first-order valence-electron chi connectivity index (χ1n) is 9.71. The van der Waals surface area contributed by atoms with Gasteiger partial charge in [0.2, 0.25) is 0 Å². The predicted octanol–water partition coefficient (Wildman–Crippen LogP) is 4.40. The number of hydrogen-bond acceptors (Lipinski definition) is 4. The van der Waals surface area contributed by atoms with Gasteiger partial charge in [0, 0.05) is 43.1 Å². The smallest absolute Gasteiger partial charge is 0.291 e. The fourth-order valence-corrected chi connectivity index (χ4v) is 3.56. The molecule has 1 N–H and O–H groups in total. The number of carbonyl (C=O) groups excluding carboxylic acids is 1. The Hall–Kier alpha value is -3.12. The lowest BCUT2D eigenvalue weighted by Gasteiger charge is -2.35. The van der Waals surface area contributed by atoms with E-state index in [0.717, 1.165) is 43.0 Å². The molecule has 1 aliphatic rings. The Labute approximate surface area is 169 Å². The molecule has 0 aliphatic carbocycles. The third-order valence-corrected chi connectivity index (χ3v) is 5.26. The molecular formula is C23H24FN3O2. The van der Waals surface area contributed by atoms with Gasteiger partial charge in [0.05, 0.1) is 0 Å². The van der Waals surface area contributed by atoms with E-state index < -0.39 is 0 Å². The van der Waals surface area contributed by atoms with Gasteiger partial charge in [-0.3, -0.25) is 4.79 Å². The summed E-state index contributed by atoms with van der Waals surface area (Å²) in [5, 5.41) is 2.89. The van der Waals surface area contributed by atoms with E-state index in [0.29, 0.717) is 5.76 Å². The van der Waals surface area contributed by atoms with Crippen molar-refractivity contribution >= 4 is 17.3 Å². The number of anilines is 2. The van der Waals surface area contributed by atoms with E-state index >= 15 is 0 Å². The summed E-state index contributed by atoms with van der Waals surface area (Å²) in [4.78, 5) is 17.3. The maximum Gasteiger partial charge on any atom is 0.291 e. The molecule has 1 aliphatic heterocycles. The lowest BCUT2D eigenvalue weighted by atomic mass is 10.1. The number of aryl methyl sites for hydroxylation is 1. The molecule has 29 heavy (non-hydrogen) atoms. The topological polar surface area (TPSA) is 48.7 Å². The number of halogens is 1. The maximum atomic E-state index is 13.1. The highest BCUT2D eigenvalue weighted by atomic mass is 19.1. The number of amides is 1. The number of hydrogen-bond donors (Lipinski definition) is 1. The first kappa shape index (κ1) is 19.2. The van der Waals surface area contributed by atoms with Gasteiger partial charge in [-0.25, -0.2) is 4.39 Å². The van der Waals surface area contributed by atoms with Gasteiger partial charge in [0.25, 0.3) is 5.91 Å². The highest BCUT2D eigenvalue weighted by Gasteiger charge is 2.17. The molecule has 0 radical (unpaired) electrons. The minimum Gasteiger partial charge on any atom is -0.451 e. The summed E-state index contributed by atoms with van der Waals surface area (Å²) in [5.74, 6) is 0.112. The summed E-state index contributed by atoms with van der Waals surface area (Å²) in [6.45, 7) is 6.16. The third-order valence-electron chi connectivity index (χ3n) is 5.26. The maximum absolute atomic E-state index is 13.1. The highest BCUT2D eigenvalue weighted by Crippen LogP contribution is 2.26. The molecule has 0 atom stereocenters. The van der Waals surface area contributed by atoms with Crippen molar-refractivity contribution in [1.82, 2.24) is 4.90 Å². The molecule has 150 valence electrons. The molecule has 1 aromatic heterocycles. The van der Waals surface area contributed by atoms with Crippen LogP contribution in [0.15, 0.2) is 59.0 Å². The average Bonchev–Trinajstić information content (AvgIpc) is 3.20. The van der Waals surface area contributed by atoms with E-state index in [9.17, 15) is 9.18 Å². The Bertz CT molecular complexity index is 1010. The van der Waals surface area contributed by atoms with Crippen LogP contribution in [-0.2, 0) is 0 Å². The van der Waals surface area contributed by atoms with Gasteiger partial charge in [0.15, 0.2) is 5.76 Å². The minimum atomic E-state index is -0.315. The quantitative estimate of drug-likeness (QED) is 0.714. The Morgan fingerprint density at radius 3 is 2.41 bits per heavy atom. The van der Waals surface area contributed by atoms with Crippen molar-refractivity contribution in [2.24, 2.45) is 0 Å². The van der Waals surface area contributed by atoms with Gasteiger partial charge in [-0.15, -0.1) is 0 Å². The van der Waals surface area contributed by atoms with Crippen LogP contribution in [0.1, 0.15) is 16.1 Å². The number of piperazine rings is 1. The molecule has 0 unspecified atom stereocenters. The second-order valence-electron chi connectivity index (χ2n) is 7.42. The summed E-state index contributed by atoms with van der Waals surface area (Å²) in [5.41, 5.74) is 3.77. The molecule has 0 bridgehead atoms.